The zero-order valence-electron chi connectivity index (χ0n) is 10.8. The minimum atomic E-state index is -2.87. The number of alkyl halides is 2. The Morgan fingerprint density at radius 2 is 2.25 bits per heavy atom. The molecule has 1 aliphatic heterocycles. The SMILES string of the molecule is CC1SCCCC1Nc1cc(Cl)cc(Br)c1OC(F)F. The molecule has 1 N–H and O–H groups in total. The highest BCUT2D eigenvalue weighted by Gasteiger charge is 2.24. The third kappa shape index (κ3) is 4.15. The van der Waals surface area contributed by atoms with Gasteiger partial charge in [-0.3, -0.25) is 0 Å². The molecule has 0 aliphatic carbocycles. The molecule has 2 atom stereocenters. The predicted molar refractivity (Wildman–Crippen MR) is 84.3 cm³/mol. The van der Waals surface area contributed by atoms with Crippen molar-refractivity contribution in [1.29, 1.82) is 0 Å². The molecule has 112 valence electrons. The number of ether oxygens (including phenoxy) is 1. The average Bonchev–Trinajstić information content (AvgIpc) is 2.36. The van der Waals surface area contributed by atoms with Crippen LogP contribution >= 0.6 is 39.3 Å². The van der Waals surface area contributed by atoms with E-state index >= 15 is 0 Å². The second-order valence-electron chi connectivity index (χ2n) is 4.61. The van der Waals surface area contributed by atoms with Crippen LogP contribution in [0.15, 0.2) is 16.6 Å². The highest BCUT2D eigenvalue weighted by molar-refractivity contribution is 9.10. The van der Waals surface area contributed by atoms with Crippen LogP contribution in [-0.2, 0) is 0 Å². The number of benzene rings is 1. The van der Waals surface area contributed by atoms with Crippen molar-refractivity contribution in [1.82, 2.24) is 0 Å². The summed E-state index contributed by atoms with van der Waals surface area (Å²) in [6.45, 7) is -0.736. The Kier molecular flexibility index (Phi) is 5.81. The van der Waals surface area contributed by atoms with Gasteiger partial charge in [0.1, 0.15) is 0 Å². The van der Waals surface area contributed by atoms with Gasteiger partial charge in [-0.05, 0) is 46.7 Å². The Morgan fingerprint density at radius 1 is 1.50 bits per heavy atom. The fraction of sp³-hybridized carbons (Fsp3) is 0.538. The molecule has 0 radical (unpaired) electrons. The number of anilines is 1. The molecule has 0 amide bonds. The summed E-state index contributed by atoms with van der Waals surface area (Å²) in [5.74, 6) is 1.24. The third-order valence-electron chi connectivity index (χ3n) is 3.16. The van der Waals surface area contributed by atoms with Crippen molar-refractivity contribution >= 4 is 45.0 Å². The van der Waals surface area contributed by atoms with Crippen molar-refractivity contribution in [2.24, 2.45) is 0 Å². The molecule has 2 unspecified atom stereocenters. The number of thioether (sulfide) groups is 1. The predicted octanol–water partition coefficient (Wildman–Crippen LogP) is 5.40. The standard InChI is InChI=1S/C13H15BrClF2NOS/c1-7-10(3-2-4-20-7)18-11-6-8(15)5-9(14)12(11)19-13(16)17/h5-7,10,13,18H,2-4H2,1H3. The molecule has 0 spiro atoms. The maximum Gasteiger partial charge on any atom is 0.387 e. The van der Waals surface area contributed by atoms with Gasteiger partial charge in [0, 0.05) is 16.3 Å². The van der Waals surface area contributed by atoms with Gasteiger partial charge < -0.3 is 10.1 Å². The fourth-order valence-corrected chi connectivity index (χ4v) is 4.23. The van der Waals surface area contributed by atoms with Crippen LogP contribution in [0.5, 0.6) is 5.75 Å². The van der Waals surface area contributed by atoms with Crippen LogP contribution in [0.2, 0.25) is 5.02 Å². The first-order valence-corrected chi connectivity index (χ1v) is 8.51. The van der Waals surface area contributed by atoms with E-state index in [1.807, 2.05) is 11.8 Å². The van der Waals surface area contributed by atoms with E-state index in [1.165, 1.54) is 0 Å². The monoisotopic (exact) mass is 385 g/mol. The van der Waals surface area contributed by atoms with Crippen LogP contribution in [-0.4, -0.2) is 23.7 Å². The summed E-state index contributed by atoms with van der Waals surface area (Å²) >= 11 is 11.1. The van der Waals surface area contributed by atoms with E-state index in [0.29, 0.717) is 20.4 Å². The van der Waals surface area contributed by atoms with Crippen molar-refractivity contribution in [3.8, 4) is 5.75 Å². The van der Waals surface area contributed by atoms with Crippen molar-refractivity contribution in [3.05, 3.63) is 21.6 Å². The third-order valence-corrected chi connectivity index (χ3v) is 5.35. The second-order valence-corrected chi connectivity index (χ2v) is 7.39. The Labute approximate surface area is 134 Å². The van der Waals surface area contributed by atoms with Crippen molar-refractivity contribution in [3.63, 3.8) is 0 Å². The van der Waals surface area contributed by atoms with E-state index in [-0.39, 0.29) is 11.8 Å². The molecule has 0 bridgehead atoms. The Morgan fingerprint density at radius 3 is 2.90 bits per heavy atom. The fourth-order valence-electron chi connectivity index (χ4n) is 2.19. The molecule has 1 aromatic rings. The Bertz CT molecular complexity index is 478. The quantitative estimate of drug-likeness (QED) is 0.748. The maximum absolute atomic E-state index is 12.5. The van der Waals surface area contributed by atoms with Gasteiger partial charge >= 0.3 is 6.61 Å². The van der Waals surface area contributed by atoms with Crippen LogP contribution in [0, 0.1) is 0 Å². The summed E-state index contributed by atoms with van der Waals surface area (Å²) in [5.41, 5.74) is 0.504. The lowest BCUT2D eigenvalue weighted by molar-refractivity contribution is -0.0498. The number of rotatable bonds is 4. The molecule has 0 aromatic heterocycles. The molecular formula is C13H15BrClF2NOS. The first-order valence-electron chi connectivity index (χ1n) is 6.29. The van der Waals surface area contributed by atoms with Gasteiger partial charge in [0.15, 0.2) is 5.75 Å². The molecule has 7 heteroatoms. The van der Waals surface area contributed by atoms with Crippen molar-refractivity contribution in [2.45, 2.75) is 37.7 Å². The number of halogens is 4. The second kappa shape index (κ2) is 7.18. The van der Waals surface area contributed by atoms with E-state index in [1.54, 1.807) is 12.1 Å². The first-order chi connectivity index (χ1) is 9.47. The summed E-state index contributed by atoms with van der Waals surface area (Å²) < 4.78 is 30.1. The molecular weight excluding hydrogens is 372 g/mol. The highest BCUT2D eigenvalue weighted by atomic mass is 79.9. The molecule has 20 heavy (non-hydrogen) atoms. The van der Waals surface area contributed by atoms with Crippen LogP contribution in [0.4, 0.5) is 14.5 Å². The molecule has 1 aliphatic rings. The van der Waals surface area contributed by atoms with E-state index < -0.39 is 6.61 Å². The molecule has 1 fully saturated rings. The summed E-state index contributed by atoms with van der Waals surface area (Å²) in [7, 11) is 0. The summed E-state index contributed by atoms with van der Waals surface area (Å²) in [4.78, 5) is 0. The van der Waals surface area contributed by atoms with Gasteiger partial charge in [0.05, 0.1) is 10.2 Å². The Hall–Kier alpha value is -0.200. The zero-order chi connectivity index (χ0) is 14.7. The van der Waals surface area contributed by atoms with Gasteiger partial charge in [0.2, 0.25) is 0 Å². The number of nitrogens with one attached hydrogen (secondary N) is 1. The van der Waals surface area contributed by atoms with E-state index in [2.05, 4.69) is 32.9 Å². The van der Waals surface area contributed by atoms with Gasteiger partial charge in [-0.2, -0.15) is 20.5 Å². The topological polar surface area (TPSA) is 21.3 Å². The average molecular weight is 387 g/mol. The van der Waals surface area contributed by atoms with Crippen molar-refractivity contribution in [2.75, 3.05) is 11.1 Å². The normalized spacial score (nSPS) is 22.9. The largest absolute Gasteiger partial charge is 0.431 e. The van der Waals surface area contributed by atoms with Crippen molar-refractivity contribution < 1.29 is 13.5 Å². The summed E-state index contributed by atoms with van der Waals surface area (Å²) in [6.07, 6.45) is 2.12. The van der Waals surface area contributed by atoms with Crippen LogP contribution in [0.1, 0.15) is 19.8 Å². The van der Waals surface area contributed by atoms with E-state index in [4.69, 9.17) is 11.6 Å². The minimum Gasteiger partial charge on any atom is -0.431 e. The molecule has 2 nitrogen and oxygen atoms in total. The lowest BCUT2D eigenvalue weighted by Crippen LogP contribution is -2.33. The number of hydrogen-bond acceptors (Lipinski definition) is 3. The zero-order valence-corrected chi connectivity index (χ0v) is 14.0. The molecule has 2 rings (SSSR count). The molecule has 0 saturated carbocycles. The maximum atomic E-state index is 12.5. The van der Waals surface area contributed by atoms with Gasteiger partial charge in [-0.25, -0.2) is 0 Å². The first kappa shape index (κ1) is 16.2. The van der Waals surface area contributed by atoms with Crippen LogP contribution < -0.4 is 10.1 Å². The molecule has 1 heterocycles. The van der Waals surface area contributed by atoms with E-state index in [0.717, 1.165) is 18.6 Å². The van der Waals surface area contributed by atoms with Crippen LogP contribution in [0.25, 0.3) is 0 Å². The minimum absolute atomic E-state index is 0.104. The smallest absolute Gasteiger partial charge is 0.387 e. The molecule has 1 saturated heterocycles. The Balaban J connectivity index is 2.24. The number of hydrogen-bond donors (Lipinski definition) is 1. The highest BCUT2D eigenvalue weighted by Crippen LogP contribution is 2.39. The molecule has 1 aromatic carbocycles. The lowest BCUT2D eigenvalue weighted by atomic mass is 10.1. The van der Waals surface area contributed by atoms with E-state index in [9.17, 15) is 8.78 Å². The van der Waals surface area contributed by atoms with Gasteiger partial charge in [-0.15, -0.1) is 0 Å². The summed E-state index contributed by atoms with van der Waals surface area (Å²) in [5, 5.41) is 4.18. The summed E-state index contributed by atoms with van der Waals surface area (Å²) in [6, 6.07) is 3.39. The van der Waals surface area contributed by atoms with Gasteiger partial charge in [-0.1, -0.05) is 18.5 Å². The van der Waals surface area contributed by atoms with Gasteiger partial charge in [0.25, 0.3) is 0 Å². The van der Waals surface area contributed by atoms with Crippen LogP contribution in [0.3, 0.4) is 0 Å². The lowest BCUT2D eigenvalue weighted by Gasteiger charge is -2.30.